The molecular formula is C18H22BrN3OS. The molecule has 0 atom stereocenters. The molecule has 3 rings (SSSR count). The maximum atomic E-state index is 12.5. The van der Waals surface area contributed by atoms with Crippen molar-refractivity contribution in [2.24, 2.45) is 0 Å². The van der Waals surface area contributed by atoms with E-state index in [4.69, 9.17) is 0 Å². The maximum absolute atomic E-state index is 12.5. The average molecular weight is 408 g/mol. The monoisotopic (exact) mass is 407 g/mol. The fourth-order valence-corrected chi connectivity index (χ4v) is 4.27. The van der Waals surface area contributed by atoms with Gasteiger partial charge in [-0.25, -0.2) is 4.79 Å². The lowest BCUT2D eigenvalue weighted by atomic mass is 10.2. The van der Waals surface area contributed by atoms with Crippen LogP contribution in [0.3, 0.4) is 0 Å². The van der Waals surface area contributed by atoms with Crippen LogP contribution in [0.25, 0.3) is 0 Å². The van der Waals surface area contributed by atoms with Gasteiger partial charge in [-0.15, -0.1) is 11.8 Å². The summed E-state index contributed by atoms with van der Waals surface area (Å²) in [5.41, 5.74) is 3.63. The Morgan fingerprint density at radius 3 is 2.71 bits per heavy atom. The molecule has 0 fully saturated rings. The van der Waals surface area contributed by atoms with Crippen molar-refractivity contribution < 1.29 is 0 Å². The minimum atomic E-state index is -0.101. The van der Waals surface area contributed by atoms with Crippen molar-refractivity contribution >= 4 is 27.7 Å². The van der Waals surface area contributed by atoms with Crippen molar-refractivity contribution in [3.8, 4) is 0 Å². The molecule has 24 heavy (non-hydrogen) atoms. The molecule has 0 unspecified atom stereocenters. The first kappa shape index (κ1) is 17.7. The van der Waals surface area contributed by atoms with E-state index in [1.807, 2.05) is 30.8 Å². The van der Waals surface area contributed by atoms with Crippen molar-refractivity contribution in [2.45, 2.75) is 36.6 Å². The zero-order chi connectivity index (χ0) is 17.1. The molecule has 0 saturated heterocycles. The molecule has 0 bridgehead atoms. The van der Waals surface area contributed by atoms with Gasteiger partial charge in [0.2, 0.25) is 0 Å². The Bertz CT molecular complexity index is 771. The van der Waals surface area contributed by atoms with Crippen LogP contribution in [0.15, 0.2) is 38.6 Å². The molecule has 6 heteroatoms. The fourth-order valence-electron chi connectivity index (χ4n) is 2.97. The van der Waals surface area contributed by atoms with Crippen molar-refractivity contribution in [3.05, 3.63) is 56.0 Å². The number of rotatable bonds is 6. The van der Waals surface area contributed by atoms with Gasteiger partial charge in [0, 0.05) is 34.6 Å². The zero-order valence-electron chi connectivity index (χ0n) is 14.1. The van der Waals surface area contributed by atoms with E-state index >= 15 is 0 Å². The second kappa shape index (κ2) is 7.85. The van der Waals surface area contributed by atoms with E-state index < -0.39 is 0 Å². The van der Waals surface area contributed by atoms with Crippen LogP contribution in [0.4, 0.5) is 0 Å². The second-order valence-corrected chi connectivity index (χ2v) is 8.23. The molecule has 0 saturated carbocycles. The SMILES string of the molecule is CN(C)CCn1c2c(c(SCc3ccc(Br)cc3)nc1=O)CCC2. The van der Waals surface area contributed by atoms with Crippen molar-refractivity contribution in [3.63, 3.8) is 0 Å². The molecule has 1 aliphatic rings. The van der Waals surface area contributed by atoms with Crippen LogP contribution in [-0.4, -0.2) is 35.1 Å². The lowest BCUT2D eigenvalue weighted by Gasteiger charge is -2.16. The Balaban J connectivity index is 1.81. The van der Waals surface area contributed by atoms with Gasteiger partial charge in [-0.05, 0) is 51.1 Å². The van der Waals surface area contributed by atoms with Gasteiger partial charge in [0.05, 0.1) is 0 Å². The third kappa shape index (κ3) is 4.10. The Labute approximate surface area is 155 Å². The lowest BCUT2D eigenvalue weighted by molar-refractivity contribution is 0.375. The van der Waals surface area contributed by atoms with Crippen LogP contribution in [0.2, 0.25) is 0 Å². The van der Waals surface area contributed by atoms with Crippen LogP contribution in [-0.2, 0) is 25.1 Å². The molecule has 0 aliphatic heterocycles. The average Bonchev–Trinajstić information content (AvgIpc) is 3.03. The van der Waals surface area contributed by atoms with E-state index in [2.05, 4.69) is 37.9 Å². The number of likely N-dealkylation sites (N-methyl/N-ethyl adjacent to an activating group) is 1. The van der Waals surface area contributed by atoms with Crippen molar-refractivity contribution in [2.75, 3.05) is 20.6 Å². The van der Waals surface area contributed by atoms with E-state index in [1.54, 1.807) is 11.8 Å². The topological polar surface area (TPSA) is 38.1 Å². The van der Waals surface area contributed by atoms with Crippen LogP contribution in [0.5, 0.6) is 0 Å². The highest BCUT2D eigenvalue weighted by atomic mass is 79.9. The summed E-state index contributed by atoms with van der Waals surface area (Å²) in [6.07, 6.45) is 3.15. The summed E-state index contributed by atoms with van der Waals surface area (Å²) in [7, 11) is 4.06. The third-order valence-electron chi connectivity index (χ3n) is 4.26. The fraction of sp³-hybridized carbons (Fsp3) is 0.444. The second-order valence-electron chi connectivity index (χ2n) is 6.35. The number of hydrogen-bond donors (Lipinski definition) is 0. The largest absolute Gasteiger partial charge is 0.348 e. The number of hydrogen-bond acceptors (Lipinski definition) is 4. The summed E-state index contributed by atoms with van der Waals surface area (Å²) in [5, 5.41) is 0.927. The van der Waals surface area contributed by atoms with Crippen LogP contribution in [0, 0.1) is 0 Å². The number of fused-ring (bicyclic) bond motifs is 1. The minimum Gasteiger partial charge on any atom is -0.308 e. The Morgan fingerprint density at radius 2 is 2.00 bits per heavy atom. The lowest BCUT2D eigenvalue weighted by Crippen LogP contribution is -2.31. The molecule has 0 N–H and O–H groups in total. The van der Waals surface area contributed by atoms with E-state index in [0.29, 0.717) is 0 Å². The maximum Gasteiger partial charge on any atom is 0.348 e. The highest BCUT2D eigenvalue weighted by molar-refractivity contribution is 9.10. The Kier molecular flexibility index (Phi) is 5.79. The van der Waals surface area contributed by atoms with E-state index in [0.717, 1.165) is 47.6 Å². The summed E-state index contributed by atoms with van der Waals surface area (Å²) >= 11 is 5.14. The summed E-state index contributed by atoms with van der Waals surface area (Å²) in [6, 6.07) is 8.31. The van der Waals surface area contributed by atoms with E-state index in [1.165, 1.54) is 16.8 Å². The summed E-state index contributed by atoms with van der Waals surface area (Å²) in [6.45, 7) is 1.58. The first-order valence-electron chi connectivity index (χ1n) is 8.19. The molecule has 2 aromatic rings. The van der Waals surface area contributed by atoms with Gasteiger partial charge < -0.3 is 4.90 Å². The number of halogens is 1. The van der Waals surface area contributed by atoms with Crippen molar-refractivity contribution in [1.82, 2.24) is 14.5 Å². The molecule has 1 aliphatic carbocycles. The Hall–Kier alpha value is -1.11. The zero-order valence-corrected chi connectivity index (χ0v) is 16.5. The highest BCUT2D eigenvalue weighted by Gasteiger charge is 2.21. The quantitative estimate of drug-likeness (QED) is 0.543. The molecule has 1 heterocycles. The van der Waals surface area contributed by atoms with Crippen molar-refractivity contribution in [1.29, 1.82) is 0 Å². The predicted molar refractivity (Wildman–Crippen MR) is 103 cm³/mol. The Morgan fingerprint density at radius 1 is 1.25 bits per heavy atom. The minimum absolute atomic E-state index is 0.101. The summed E-state index contributed by atoms with van der Waals surface area (Å²) in [5.74, 6) is 0.841. The number of nitrogens with zero attached hydrogens (tertiary/aromatic N) is 3. The summed E-state index contributed by atoms with van der Waals surface area (Å²) in [4.78, 5) is 19.0. The molecule has 1 aromatic carbocycles. The van der Waals surface area contributed by atoms with Gasteiger partial charge in [-0.3, -0.25) is 4.57 Å². The van der Waals surface area contributed by atoms with Gasteiger partial charge >= 0.3 is 5.69 Å². The van der Waals surface area contributed by atoms with Gasteiger partial charge in [-0.1, -0.05) is 28.1 Å². The molecule has 0 radical (unpaired) electrons. The van der Waals surface area contributed by atoms with Crippen LogP contribution in [0.1, 0.15) is 23.2 Å². The predicted octanol–water partition coefficient (Wildman–Crippen LogP) is 3.35. The van der Waals surface area contributed by atoms with E-state index in [9.17, 15) is 4.79 Å². The molecule has 0 spiro atoms. The van der Waals surface area contributed by atoms with Gasteiger partial charge in [-0.2, -0.15) is 4.98 Å². The van der Waals surface area contributed by atoms with Crippen LogP contribution < -0.4 is 5.69 Å². The third-order valence-corrected chi connectivity index (χ3v) is 5.88. The first-order chi connectivity index (χ1) is 11.5. The van der Waals surface area contributed by atoms with Gasteiger partial charge in [0.1, 0.15) is 5.03 Å². The molecule has 4 nitrogen and oxygen atoms in total. The normalized spacial score (nSPS) is 13.5. The number of aromatic nitrogens is 2. The molecule has 0 amide bonds. The first-order valence-corrected chi connectivity index (χ1v) is 9.97. The number of thioether (sulfide) groups is 1. The van der Waals surface area contributed by atoms with Gasteiger partial charge in [0.15, 0.2) is 0 Å². The number of benzene rings is 1. The summed E-state index contributed by atoms with van der Waals surface area (Å²) < 4.78 is 2.96. The van der Waals surface area contributed by atoms with Crippen LogP contribution >= 0.6 is 27.7 Å². The standard InChI is InChI=1S/C18H22BrN3OS/c1-21(2)10-11-22-16-5-3-4-15(16)17(20-18(22)23)24-12-13-6-8-14(19)9-7-13/h6-9H,3-5,10-12H2,1-2H3. The smallest absolute Gasteiger partial charge is 0.308 e. The molecule has 128 valence electrons. The molecular weight excluding hydrogens is 386 g/mol. The highest BCUT2D eigenvalue weighted by Crippen LogP contribution is 2.31. The van der Waals surface area contributed by atoms with Gasteiger partial charge in [0.25, 0.3) is 0 Å². The molecule has 1 aromatic heterocycles. The van der Waals surface area contributed by atoms with E-state index in [-0.39, 0.29) is 5.69 Å².